The highest BCUT2D eigenvalue weighted by atomic mass is 19.1. The number of halogens is 1. The smallest absolute Gasteiger partial charge is 0.141 e. The number of carbonyl (C=O) groups is 1. The summed E-state index contributed by atoms with van der Waals surface area (Å²) in [6, 6.07) is 7.64. The lowest BCUT2D eigenvalue weighted by Gasteiger charge is -2.30. The SMILES string of the molecule is CN1C2C=C(CC(=O)Cc3ccccc3F)CC1CC2. The van der Waals surface area contributed by atoms with Crippen molar-refractivity contribution < 1.29 is 9.18 Å². The summed E-state index contributed by atoms with van der Waals surface area (Å²) in [6.07, 6.45) is 6.36. The Labute approximate surface area is 119 Å². The molecule has 1 aromatic rings. The highest BCUT2D eigenvalue weighted by Crippen LogP contribution is 2.34. The van der Waals surface area contributed by atoms with Crippen molar-refractivity contribution >= 4 is 5.78 Å². The molecule has 0 amide bonds. The van der Waals surface area contributed by atoms with E-state index in [1.54, 1.807) is 18.2 Å². The van der Waals surface area contributed by atoms with Gasteiger partial charge in [0.1, 0.15) is 11.6 Å². The van der Waals surface area contributed by atoms with Crippen molar-refractivity contribution in [1.29, 1.82) is 0 Å². The second-order valence-corrected chi connectivity index (χ2v) is 5.98. The number of hydrogen-bond acceptors (Lipinski definition) is 2. The van der Waals surface area contributed by atoms with E-state index in [4.69, 9.17) is 0 Å². The van der Waals surface area contributed by atoms with Crippen molar-refractivity contribution in [3.05, 3.63) is 47.3 Å². The molecule has 1 saturated heterocycles. The molecule has 0 N–H and O–H groups in total. The molecule has 1 aromatic carbocycles. The van der Waals surface area contributed by atoms with Gasteiger partial charge in [-0.3, -0.25) is 9.69 Å². The first-order valence-corrected chi connectivity index (χ1v) is 7.30. The van der Waals surface area contributed by atoms with E-state index in [1.165, 1.54) is 24.5 Å². The van der Waals surface area contributed by atoms with Crippen LogP contribution in [0.2, 0.25) is 0 Å². The molecule has 2 unspecified atom stereocenters. The van der Waals surface area contributed by atoms with Gasteiger partial charge in [-0.15, -0.1) is 0 Å². The van der Waals surface area contributed by atoms with E-state index in [0.717, 1.165) is 6.42 Å². The van der Waals surface area contributed by atoms with Crippen molar-refractivity contribution in [2.24, 2.45) is 0 Å². The van der Waals surface area contributed by atoms with Gasteiger partial charge in [-0.05, 0) is 37.9 Å². The molecule has 0 aliphatic carbocycles. The fourth-order valence-corrected chi connectivity index (χ4v) is 3.43. The third-order valence-electron chi connectivity index (χ3n) is 4.59. The third kappa shape index (κ3) is 2.68. The average molecular weight is 273 g/mol. The normalized spacial score (nSPS) is 25.6. The minimum Gasteiger partial charge on any atom is -0.299 e. The summed E-state index contributed by atoms with van der Waals surface area (Å²) in [4.78, 5) is 14.5. The molecule has 0 aromatic heterocycles. The zero-order valence-electron chi connectivity index (χ0n) is 11.8. The molecular formula is C17H20FNO. The summed E-state index contributed by atoms with van der Waals surface area (Å²) < 4.78 is 13.5. The molecule has 0 saturated carbocycles. The Hall–Kier alpha value is -1.48. The fourth-order valence-electron chi connectivity index (χ4n) is 3.43. The van der Waals surface area contributed by atoms with Crippen LogP contribution >= 0.6 is 0 Å². The minimum absolute atomic E-state index is 0.116. The molecule has 3 rings (SSSR count). The molecule has 1 fully saturated rings. The monoisotopic (exact) mass is 273 g/mol. The fraction of sp³-hybridized carbons (Fsp3) is 0.471. The van der Waals surface area contributed by atoms with Crippen LogP contribution in [-0.4, -0.2) is 29.8 Å². The first-order chi connectivity index (χ1) is 9.63. The van der Waals surface area contributed by atoms with Gasteiger partial charge < -0.3 is 0 Å². The van der Waals surface area contributed by atoms with Crippen molar-refractivity contribution in [2.75, 3.05) is 7.05 Å². The van der Waals surface area contributed by atoms with Crippen LogP contribution in [0.1, 0.15) is 31.2 Å². The summed E-state index contributed by atoms with van der Waals surface area (Å²) in [7, 11) is 2.16. The number of rotatable bonds is 4. The van der Waals surface area contributed by atoms with Crippen LogP contribution in [0.15, 0.2) is 35.9 Å². The molecule has 0 spiro atoms. The van der Waals surface area contributed by atoms with E-state index in [1.807, 2.05) is 0 Å². The number of nitrogens with zero attached hydrogens (tertiary/aromatic N) is 1. The molecule has 2 bridgehead atoms. The van der Waals surface area contributed by atoms with Crippen LogP contribution in [0.5, 0.6) is 0 Å². The van der Waals surface area contributed by atoms with Crippen LogP contribution in [-0.2, 0) is 11.2 Å². The van der Waals surface area contributed by atoms with E-state index in [2.05, 4.69) is 18.0 Å². The summed E-state index contributed by atoms with van der Waals surface area (Å²) in [5.74, 6) is -0.163. The second-order valence-electron chi connectivity index (χ2n) is 5.98. The topological polar surface area (TPSA) is 20.3 Å². The highest BCUT2D eigenvalue weighted by Gasteiger charge is 2.33. The maximum atomic E-state index is 13.5. The van der Waals surface area contributed by atoms with Gasteiger partial charge in [0.25, 0.3) is 0 Å². The molecule has 2 atom stereocenters. The number of Topliss-reactive ketones (excluding diaryl/α,β-unsaturated/α-hetero) is 1. The van der Waals surface area contributed by atoms with Gasteiger partial charge in [0.2, 0.25) is 0 Å². The first-order valence-electron chi connectivity index (χ1n) is 7.30. The Morgan fingerprint density at radius 3 is 2.85 bits per heavy atom. The van der Waals surface area contributed by atoms with Crippen LogP contribution < -0.4 is 0 Å². The van der Waals surface area contributed by atoms with E-state index in [0.29, 0.717) is 24.1 Å². The van der Waals surface area contributed by atoms with E-state index in [-0.39, 0.29) is 18.0 Å². The Bertz CT molecular complexity index is 552. The first kappa shape index (κ1) is 13.5. The Kier molecular flexibility index (Phi) is 3.70. The molecule has 0 radical (unpaired) electrons. The highest BCUT2D eigenvalue weighted by molar-refractivity contribution is 5.83. The number of benzene rings is 1. The Morgan fingerprint density at radius 2 is 2.10 bits per heavy atom. The number of fused-ring (bicyclic) bond motifs is 2. The van der Waals surface area contributed by atoms with Crippen LogP contribution in [0.3, 0.4) is 0 Å². The molecule has 3 heteroatoms. The summed E-state index contributed by atoms with van der Waals surface area (Å²) >= 11 is 0. The summed E-state index contributed by atoms with van der Waals surface area (Å²) in [5, 5.41) is 0. The lowest BCUT2D eigenvalue weighted by atomic mass is 9.95. The molecule has 2 heterocycles. The van der Waals surface area contributed by atoms with Crippen LogP contribution in [0.25, 0.3) is 0 Å². The Morgan fingerprint density at radius 1 is 1.30 bits per heavy atom. The van der Waals surface area contributed by atoms with Crippen LogP contribution in [0.4, 0.5) is 4.39 Å². The van der Waals surface area contributed by atoms with Gasteiger partial charge in [-0.25, -0.2) is 4.39 Å². The lowest BCUT2D eigenvalue weighted by molar-refractivity contribution is -0.117. The number of ketones is 1. The van der Waals surface area contributed by atoms with Gasteiger partial charge in [-0.1, -0.05) is 29.8 Å². The molecular weight excluding hydrogens is 253 g/mol. The lowest BCUT2D eigenvalue weighted by Crippen LogP contribution is -2.35. The molecule has 106 valence electrons. The number of likely N-dealkylation sites (N-methyl/N-ethyl adjacent to an activating group) is 1. The largest absolute Gasteiger partial charge is 0.299 e. The maximum absolute atomic E-state index is 13.5. The third-order valence-corrected chi connectivity index (χ3v) is 4.59. The van der Waals surface area contributed by atoms with Gasteiger partial charge in [0.15, 0.2) is 0 Å². The summed E-state index contributed by atoms with van der Waals surface area (Å²) in [6.45, 7) is 0. The second kappa shape index (κ2) is 5.49. The van der Waals surface area contributed by atoms with Crippen molar-refractivity contribution in [3.8, 4) is 0 Å². The van der Waals surface area contributed by atoms with Crippen LogP contribution in [0, 0.1) is 5.82 Å². The predicted octanol–water partition coefficient (Wildman–Crippen LogP) is 3.12. The van der Waals surface area contributed by atoms with Crippen molar-refractivity contribution in [2.45, 2.75) is 44.2 Å². The van der Waals surface area contributed by atoms with E-state index in [9.17, 15) is 9.18 Å². The summed E-state index contributed by atoms with van der Waals surface area (Å²) in [5.41, 5.74) is 1.76. The van der Waals surface area contributed by atoms with E-state index < -0.39 is 0 Å². The van der Waals surface area contributed by atoms with Gasteiger partial charge in [0, 0.05) is 24.9 Å². The average Bonchev–Trinajstić information content (AvgIpc) is 2.63. The van der Waals surface area contributed by atoms with Crippen molar-refractivity contribution in [1.82, 2.24) is 4.90 Å². The number of hydrogen-bond donors (Lipinski definition) is 0. The maximum Gasteiger partial charge on any atom is 0.141 e. The molecule has 20 heavy (non-hydrogen) atoms. The number of carbonyl (C=O) groups excluding carboxylic acids is 1. The minimum atomic E-state index is -0.279. The Balaban J connectivity index is 1.63. The van der Waals surface area contributed by atoms with Gasteiger partial charge in [-0.2, -0.15) is 0 Å². The molecule has 2 aliphatic heterocycles. The van der Waals surface area contributed by atoms with Gasteiger partial charge >= 0.3 is 0 Å². The molecule has 2 nitrogen and oxygen atoms in total. The van der Waals surface area contributed by atoms with Crippen molar-refractivity contribution in [3.63, 3.8) is 0 Å². The standard InChI is InChI=1S/C17H20FNO/c1-19-14-6-7-15(19)9-12(8-14)10-16(20)11-13-4-2-3-5-17(13)18/h2-5,8,14-15H,6-7,9-11H2,1H3. The quantitative estimate of drug-likeness (QED) is 0.786. The molecule has 2 aliphatic rings. The van der Waals surface area contributed by atoms with Gasteiger partial charge in [0.05, 0.1) is 0 Å². The zero-order valence-corrected chi connectivity index (χ0v) is 11.8. The zero-order chi connectivity index (χ0) is 14.1. The van der Waals surface area contributed by atoms with E-state index >= 15 is 0 Å². The predicted molar refractivity (Wildman–Crippen MR) is 77.0 cm³/mol.